The van der Waals surface area contributed by atoms with Gasteiger partial charge in [-0.05, 0) is 57.4 Å². The van der Waals surface area contributed by atoms with Gasteiger partial charge in [-0.3, -0.25) is 23.2 Å². The number of aromatic nitrogens is 2. The van der Waals surface area contributed by atoms with Gasteiger partial charge in [-0.25, -0.2) is 13.9 Å². The molecule has 2 fully saturated rings. The van der Waals surface area contributed by atoms with Crippen LogP contribution in [0.3, 0.4) is 0 Å². The number of aliphatic hydroxyl groups excluding tert-OH is 2. The fraction of sp³-hybridized carbons (Fsp3) is 0.680. The molecule has 4 unspecified atom stereocenters. The number of rotatable bonds is 40. The van der Waals surface area contributed by atoms with Gasteiger partial charge in [0.25, 0.3) is 0 Å². The van der Waals surface area contributed by atoms with Crippen LogP contribution < -0.4 is 11.4 Å². The maximum absolute atomic E-state index is 12.8. The number of hydrogen-bond acceptors (Lipinski definition) is 16. The molecular formula is C50H81N3O16P2. The second-order valence-electron chi connectivity index (χ2n) is 17.7. The minimum absolute atomic E-state index is 0.00217. The summed E-state index contributed by atoms with van der Waals surface area (Å²) in [6.07, 6.45) is 35.0. The largest absolute Gasteiger partial charge is 0.481 e. The first-order valence-electron chi connectivity index (χ1n) is 25.4. The number of ether oxygens (including phenoxy) is 4. The molecule has 19 nitrogen and oxygen atoms in total. The van der Waals surface area contributed by atoms with E-state index >= 15 is 0 Å². The fourth-order valence-corrected chi connectivity index (χ4v) is 9.61. The molecule has 6 N–H and O–H groups in total. The van der Waals surface area contributed by atoms with Crippen LogP contribution in [-0.2, 0) is 51.0 Å². The highest BCUT2D eigenvalue weighted by atomic mass is 31.3. The summed E-state index contributed by atoms with van der Waals surface area (Å²) in [5, 5.41) is 20.9. The lowest BCUT2D eigenvalue weighted by Crippen LogP contribution is -2.36. The van der Waals surface area contributed by atoms with E-state index in [2.05, 4.69) is 65.7 Å². The molecule has 0 saturated carbocycles. The Balaban J connectivity index is 1.41. The molecule has 9 atom stereocenters. The van der Waals surface area contributed by atoms with Crippen molar-refractivity contribution < 1.29 is 71.0 Å². The van der Waals surface area contributed by atoms with Crippen LogP contribution in [0.4, 0.5) is 5.82 Å². The van der Waals surface area contributed by atoms with E-state index in [4.69, 9.17) is 33.7 Å². The topological polar surface area (TPSA) is 278 Å². The van der Waals surface area contributed by atoms with Crippen molar-refractivity contribution in [3.05, 3.63) is 83.5 Å². The number of unbranched alkanes of at least 4 members (excludes halogenated alkanes) is 12. The molecule has 3 heterocycles. The van der Waals surface area contributed by atoms with Crippen molar-refractivity contribution in [1.29, 1.82) is 0 Å². The Morgan fingerprint density at radius 3 is 1.85 bits per heavy atom. The number of carbonyl (C=O) groups excluding carboxylic acids is 2. The highest BCUT2D eigenvalue weighted by Crippen LogP contribution is 2.60. The van der Waals surface area contributed by atoms with Gasteiger partial charge in [0, 0.05) is 19.0 Å². The van der Waals surface area contributed by atoms with Crippen molar-refractivity contribution in [2.75, 3.05) is 25.6 Å². The van der Waals surface area contributed by atoms with Gasteiger partial charge in [0.1, 0.15) is 30.7 Å². The molecule has 0 amide bonds. The monoisotopic (exact) mass is 1040 g/mol. The lowest BCUT2D eigenvalue weighted by atomic mass is 10.0. The third kappa shape index (κ3) is 27.9. The summed E-state index contributed by atoms with van der Waals surface area (Å²) in [4.78, 5) is 61.9. The van der Waals surface area contributed by atoms with Gasteiger partial charge >= 0.3 is 33.3 Å². The summed E-state index contributed by atoms with van der Waals surface area (Å²) < 4.78 is 62.4. The van der Waals surface area contributed by atoms with E-state index in [9.17, 15) is 43.5 Å². The first-order chi connectivity index (χ1) is 34.1. The van der Waals surface area contributed by atoms with Crippen molar-refractivity contribution >= 4 is 33.4 Å². The van der Waals surface area contributed by atoms with Crippen LogP contribution in [0.5, 0.6) is 0 Å². The highest BCUT2D eigenvalue weighted by Gasteiger charge is 2.46. The minimum Gasteiger partial charge on any atom is -0.462 e. The number of phosphoric ester groups is 2. The van der Waals surface area contributed by atoms with E-state index in [0.717, 1.165) is 68.6 Å². The van der Waals surface area contributed by atoms with Gasteiger partial charge in [0.05, 0.1) is 25.4 Å². The first kappa shape index (κ1) is 61.7. The van der Waals surface area contributed by atoms with Crippen LogP contribution in [-0.4, -0.2) is 97.9 Å². The summed E-state index contributed by atoms with van der Waals surface area (Å²) in [6.45, 7) is 1.96. The van der Waals surface area contributed by atoms with Crippen LogP contribution in [0.25, 0.3) is 0 Å². The maximum atomic E-state index is 12.8. The quantitative estimate of drug-likeness (QED) is 0.0135. The lowest BCUT2D eigenvalue weighted by molar-refractivity contribution is -0.161. The smallest absolute Gasteiger partial charge is 0.462 e. The normalized spacial score (nSPS) is 22.5. The van der Waals surface area contributed by atoms with Gasteiger partial charge in [-0.1, -0.05) is 152 Å². The zero-order chi connectivity index (χ0) is 51.7. The fourth-order valence-electron chi connectivity index (χ4n) is 7.50. The molecule has 0 aromatic carbocycles. The molecule has 2 aliphatic rings. The standard InChI is InChI=1S/C50H81N3O16P2/c1-3-5-7-8-9-10-11-12-17-20-23-26-30-34-46(55)66-40(37-63-45(54)33-29-25-22-19-16-14-13-15-18-21-24-28-32-42-41(67-42)31-27-6-4-2)38-64-70(59,60)69-71(61,62)65-39-43-47(56)48(57)49(68-43)53-36-35-44(51)52-50(53)58/h6,14-16,18,22,24-25,27-28,35-36,40-43,47-49,56-57H,3-5,7-13,17,19-21,23,26,29-34,37-39H2,1-2H3,(H,59,60)(H,61,62)(H2,51,52,58)/b16-14-,18-15-,25-22-,27-6-,28-24-/t40-,41?,42?,43-,47-,48-,49-/m1/s1. The number of anilines is 1. The number of nitrogen functional groups attached to an aromatic ring is 1. The minimum atomic E-state index is -5.44. The van der Waals surface area contributed by atoms with E-state index in [1.165, 1.54) is 57.4 Å². The van der Waals surface area contributed by atoms with Gasteiger partial charge in [-0.2, -0.15) is 9.29 Å². The Kier molecular flexibility index (Phi) is 30.9. The highest BCUT2D eigenvalue weighted by molar-refractivity contribution is 7.61. The number of aliphatic hydroxyl groups is 2. The van der Waals surface area contributed by atoms with Crippen LogP contribution in [0, 0.1) is 0 Å². The van der Waals surface area contributed by atoms with Gasteiger partial charge < -0.3 is 44.7 Å². The zero-order valence-corrected chi connectivity index (χ0v) is 43.5. The number of nitrogens with zero attached hydrogens (tertiary/aromatic N) is 2. The zero-order valence-electron chi connectivity index (χ0n) is 41.7. The number of nitrogens with two attached hydrogens (primary N) is 1. The first-order valence-corrected chi connectivity index (χ1v) is 28.4. The van der Waals surface area contributed by atoms with Crippen LogP contribution >= 0.6 is 15.6 Å². The molecular weight excluding hydrogens is 961 g/mol. The number of phosphoric acid groups is 2. The summed E-state index contributed by atoms with van der Waals surface area (Å²) >= 11 is 0. The van der Waals surface area contributed by atoms with Gasteiger partial charge in [0.15, 0.2) is 12.3 Å². The second kappa shape index (κ2) is 35.6. The molecule has 3 rings (SSSR count). The predicted octanol–water partition coefficient (Wildman–Crippen LogP) is 9.32. The van der Waals surface area contributed by atoms with E-state index in [0.29, 0.717) is 31.5 Å². The Labute approximate surface area is 419 Å². The number of allylic oxidation sites excluding steroid dienone is 8. The van der Waals surface area contributed by atoms with Gasteiger partial charge in [0.2, 0.25) is 0 Å². The van der Waals surface area contributed by atoms with E-state index < -0.39 is 83.7 Å². The third-order valence-corrected chi connectivity index (χ3v) is 14.1. The summed E-state index contributed by atoms with van der Waals surface area (Å²) in [5.41, 5.74) is 4.58. The summed E-state index contributed by atoms with van der Waals surface area (Å²) in [7, 11) is -10.9. The second-order valence-corrected chi connectivity index (χ2v) is 20.7. The molecule has 21 heteroatoms. The Hall–Kier alpha value is -3.58. The maximum Gasteiger partial charge on any atom is 0.481 e. The van der Waals surface area contributed by atoms with E-state index in [-0.39, 0.29) is 18.7 Å². The van der Waals surface area contributed by atoms with Crippen molar-refractivity contribution in [1.82, 2.24) is 9.55 Å². The van der Waals surface area contributed by atoms with Crippen molar-refractivity contribution in [3.63, 3.8) is 0 Å². The molecule has 0 bridgehead atoms. The SMILES string of the molecule is CC/C=C\CC1OC1C/C=C\C/C=C\C/C=C\C/C=C\CCC(=O)OC[C@H](COP(=O)(O)OP(=O)(O)OC[C@H]1O[C@@H](n2ccc(N)nc2=O)[C@H](O)[C@@H]1O)OC(=O)CCCCCCCCCCCCCCC. The van der Waals surface area contributed by atoms with Crippen LogP contribution in [0.2, 0.25) is 0 Å². The molecule has 402 valence electrons. The molecule has 71 heavy (non-hydrogen) atoms. The molecule has 0 aliphatic carbocycles. The number of epoxide rings is 1. The van der Waals surface area contributed by atoms with E-state index in [1.54, 1.807) is 0 Å². The Morgan fingerprint density at radius 2 is 1.25 bits per heavy atom. The van der Waals surface area contributed by atoms with Crippen molar-refractivity contribution in [2.45, 2.75) is 198 Å². The van der Waals surface area contributed by atoms with Crippen molar-refractivity contribution in [2.24, 2.45) is 0 Å². The molecule has 0 spiro atoms. The van der Waals surface area contributed by atoms with Gasteiger partial charge in [-0.15, -0.1) is 0 Å². The predicted molar refractivity (Wildman–Crippen MR) is 270 cm³/mol. The Bertz CT molecular complexity index is 1990. The van der Waals surface area contributed by atoms with E-state index in [1.807, 2.05) is 18.2 Å². The number of hydrogen-bond donors (Lipinski definition) is 5. The summed E-state index contributed by atoms with van der Waals surface area (Å²) in [5.74, 6) is -1.40. The Morgan fingerprint density at radius 1 is 0.704 bits per heavy atom. The molecule has 2 saturated heterocycles. The molecule has 0 radical (unpaired) electrons. The molecule has 2 aliphatic heterocycles. The van der Waals surface area contributed by atoms with Crippen LogP contribution in [0.15, 0.2) is 77.8 Å². The number of carbonyl (C=O) groups is 2. The molecule has 1 aromatic rings. The van der Waals surface area contributed by atoms with Crippen LogP contribution in [0.1, 0.15) is 161 Å². The average Bonchev–Trinajstić information content (AvgIpc) is 4.02. The third-order valence-electron chi connectivity index (χ3n) is 11.5. The van der Waals surface area contributed by atoms with Crippen molar-refractivity contribution in [3.8, 4) is 0 Å². The number of esters is 2. The average molecular weight is 1040 g/mol. The lowest BCUT2D eigenvalue weighted by Gasteiger charge is -2.21. The summed E-state index contributed by atoms with van der Waals surface area (Å²) in [6, 6.07) is 1.24. The molecule has 1 aromatic heterocycles.